The van der Waals surface area contributed by atoms with Gasteiger partial charge in [0.1, 0.15) is 12.1 Å². The lowest BCUT2D eigenvalue weighted by Crippen LogP contribution is -2.52. The average Bonchev–Trinajstić information content (AvgIpc) is 3.32. The molecule has 2 unspecified atom stereocenters. The van der Waals surface area contributed by atoms with Gasteiger partial charge in [0.2, 0.25) is 11.8 Å². The van der Waals surface area contributed by atoms with Crippen LogP contribution in [0.3, 0.4) is 0 Å². The Bertz CT molecular complexity index is 954. The summed E-state index contributed by atoms with van der Waals surface area (Å²) in [5.74, 6) is -3.08. The van der Waals surface area contributed by atoms with Crippen molar-refractivity contribution in [3.05, 3.63) is 24.2 Å². The molecule has 3 amide bonds. The highest BCUT2D eigenvalue weighted by Gasteiger charge is 2.33. The van der Waals surface area contributed by atoms with E-state index in [4.69, 9.17) is 0 Å². The highest BCUT2D eigenvalue weighted by atomic mass is 16.4. The first-order valence-electron chi connectivity index (χ1n) is 10.2. The number of nitrogens with one attached hydrogen (secondary N) is 4. The standard InChI is InChI=1S/C20H26N6O5/c1-10(2)8-13(24-19(29)16-23-12-4-3-6-21-15(12)26-16)18(28)25-14(20(30)31)9-11-5-7-22-17(11)27/h3-4,6,10-11,13-14H,5,7-9H2,1-2H3,(H,22,27)(H,24,29)(H,25,28)(H,30,31)(H,21,23,26)/t11-,13?,14?/m0/s1. The van der Waals surface area contributed by atoms with E-state index >= 15 is 0 Å². The molecule has 0 radical (unpaired) electrons. The van der Waals surface area contributed by atoms with Crippen molar-refractivity contribution in [1.29, 1.82) is 0 Å². The molecule has 1 aliphatic heterocycles. The fourth-order valence-electron chi connectivity index (χ4n) is 3.53. The molecule has 11 nitrogen and oxygen atoms in total. The second-order valence-electron chi connectivity index (χ2n) is 8.03. The van der Waals surface area contributed by atoms with Gasteiger partial charge < -0.3 is 26.0 Å². The number of carboxylic acids is 1. The normalized spacial score (nSPS) is 17.9. The molecular weight excluding hydrogens is 404 g/mol. The van der Waals surface area contributed by atoms with Crippen LogP contribution >= 0.6 is 0 Å². The van der Waals surface area contributed by atoms with E-state index in [1.165, 1.54) is 0 Å². The fraction of sp³-hybridized carbons (Fsp3) is 0.500. The number of carbonyl (C=O) groups excluding carboxylic acids is 3. The SMILES string of the molecule is CC(C)CC(NC(=O)c1nc2ncccc2[nH]1)C(=O)NC(C[C@@H]1CCNC1=O)C(=O)O. The number of aliphatic carboxylic acids is 1. The van der Waals surface area contributed by atoms with Crippen molar-refractivity contribution in [3.63, 3.8) is 0 Å². The minimum Gasteiger partial charge on any atom is -0.480 e. The lowest BCUT2D eigenvalue weighted by molar-refractivity contribution is -0.142. The van der Waals surface area contributed by atoms with E-state index < -0.39 is 35.8 Å². The Morgan fingerprint density at radius 1 is 1.26 bits per heavy atom. The molecular formula is C20H26N6O5. The van der Waals surface area contributed by atoms with E-state index in [1.54, 1.807) is 18.3 Å². The third-order valence-electron chi connectivity index (χ3n) is 5.10. The molecule has 11 heteroatoms. The summed E-state index contributed by atoms with van der Waals surface area (Å²) in [6.07, 6.45) is 2.36. The Labute approximate surface area is 178 Å². The number of pyridine rings is 1. The number of rotatable bonds is 9. The number of carbonyl (C=O) groups is 4. The van der Waals surface area contributed by atoms with E-state index in [1.807, 2.05) is 13.8 Å². The maximum absolute atomic E-state index is 12.9. The molecule has 1 fully saturated rings. The summed E-state index contributed by atoms with van der Waals surface area (Å²) in [7, 11) is 0. The van der Waals surface area contributed by atoms with Gasteiger partial charge in [0, 0.05) is 18.7 Å². The van der Waals surface area contributed by atoms with Gasteiger partial charge in [0.15, 0.2) is 11.5 Å². The Hall–Kier alpha value is -3.50. The van der Waals surface area contributed by atoms with Crippen molar-refractivity contribution in [3.8, 4) is 0 Å². The van der Waals surface area contributed by atoms with E-state index in [2.05, 4.69) is 30.9 Å². The number of hydrogen-bond donors (Lipinski definition) is 5. The summed E-state index contributed by atoms with van der Waals surface area (Å²) in [6, 6.07) is 1.23. The van der Waals surface area contributed by atoms with E-state index in [9.17, 15) is 24.3 Å². The van der Waals surface area contributed by atoms with Crippen LogP contribution in [-0.2, 0) is 14.4 Å². The maximum atomic E-state index is 12.9. The van der Waals surface area contributed by atoms with Gasteiger partial charge in [-0.2, -0.15) is 0 Å². The molecule has 3 rings (SSSR count). The Kier molecular flexibility index (Phi) is 6.83. The van der Waals surface area contributed by atoms with Crippen LogP contribution in [0.2, 0.25) is 0 Å². The van der Waals surface area contributed by atoms with Crippen LogP contribution in [0.15, 0.2) is 18.3 Å². The number of H-pyrrole nitrogens is 1. The summed E-state index contributed by atoms with van der Waals surface area (Å²) in [4.78, 5) is 60.0. The Morgan fingerprint density at radius 2 is 2.03 bits per heavy atom. The minimum atomic E-state index is -1.23. The minimum absolute atomic E-state index is 0.00710. The molecule has 3 atom stereocenters. The number of imidazole rings is 1. The number of hydrogen-bond acceptors (Lipinski definition) is 6. The van der Waals surface area contributed by atoms with E-state index in [0.717, 1.165) is 0 Å². The number of aromatic amines is 1. The van der Waals surface area contributed by atoms with Crippen LogP contribution < -0.4 is 16.0 Å². The molecule has 2 aromatic heterocycles. The van der Waals surface area contributed by atoms with Crippen LogP contribution in [0.5, 0.6) is 0 Å². The molecule has 0 aliphatic carbocycles. The zero-order valence-corrected chi connectivity index (χ0v) is 17.3. The molecule has 1 aliphatic rings. The maximum Gasteiger partial charge on any atom is 0.326 e. The third kappa shape index (κ3) is 5.56. The van der Waals surface area contributed by atoms with Gasteiger partial charge in [0.05, 0.1) is 5.52 Å². The molecule has 0 spiro atoms. The largest absolute Gasteiger partial charge is 0.480 e. The van der Waals surface area contributed by atoms with Crippen molar-refractivity contribution in [2.75, 3.05) is 6.54 Å². The zero-order chi connectivity index (χ0) is 22.5. The molecule has 0 saturated carbocycles. The highest BCUT2D eigenvalue weighted by molar-refractivity contribution is 5.97. The van der Waals surface area contributed by atoms with Crippen LogP contribution in [0, 0.1) is 11.8 Å². The molecule has 31 heavy (non-hydrogen) atoms. The van der Waals surface area contributed by atoms with Crippen LogP contribution in [-0.4, -0.2) is 62.4 Å². The second-order valence-corrected chi connectivity index (χ2v) is 8.03. The van der Waals surface area contributed by atoms with Gasteiger partial charge >= 0.3 is 5.97 Å². The monoisotopic (exact) mass is 430 g/mol. The molecule has 3 heterocycles. The third-order valence-corrected chi connectivity index (χ3v) is 5.10. The van der Waals surface area contributed by atoms with Crippen molar-refractivity contribution >= 4 is 34.9 Å². The average molecular weight is 430 g/mol. The molecule has 5 N–H and O–H groups in total. The summed E-state index contributed by atoms with van der Waals surface area (Å²) < 4.78 is 0. The van der Waals surface area contributed by atoms with Crippen LogP contribution in [0.4, 0.5) is 0 Å². The molecule has 166 valence electrons. The van der Waals surface area contributed by atoms with Gasteiger partial charge in [-0.3, -0.25) is 14.4 Å². The van der Waals surface area contributed by atoms with Gasteiger partial charge in [-0.05, 0) is 37.3 Å². The van der Waals surface area contributed by atoms with E-state index in [0.29, 0.717) is 30.6 Å². The number of amides is 3. The fourth-order valence-corrected chi connectivity index (χ4v) is 3.53. The smallest absolute Gasteiger partial charge is 0.326 e. The first-order chi connectivity index (χ1) is 14.7. The summed E-state index contributed by atoms with van der Waals surface area (Å²) in [6.45, 7) is 4.26. The Morgan fingerprint density at radius 3 is 2.65 bits per heavy atom. The summed E-state index contributed by atoms with van der Waals surface area (Å²) in [5.41, 5.74) is 0.955. The van der Waals surface area contributed by atoms with Crippen molar-refractivity contribution in [1.82, 2.24) is 30.9 Å². The summed E-state index contributed by atoms with van der Waals surface area (Å²) >= 11 is 0. The highest BCUT2D eigenvalue weighted by Crippen LogP contribution is 2.17. The van der Waals surface area contributed by atoms with Crippen molar-refractivity contribution in [2.45, 2.75) is 45.2 Å². The predicted octanol–water partition coefficient (Wildman–Crippen LogP) is 0.198. The number of carboxylic acid groups (broad SMARTS) is 1. The number of aromatic nitrogens is 3. The lowest BCUT2D eigenvalue weighted by Gasteiger charge is -2.23. The Balaban J connectivity index is 1.70. The quantitative estimate of drug-likeness (QED) is 0.379. The topological polar surface area (TPSA) is 166 Å². The van der Waals surface area contributed by atoms with Gasteiger partial charge in [-0.1, -0.05) is 13.8 Å². The first-order valence-corrected chi connectivity index (χ1v) is 10.2. The number of nitrogens with zero attached hydrogens (tertiary/aromatic N) is 2. The van der Waals surface area contributed by atoms with Crippen LogP contribution in [0.25, 0.3) is 11.2 Å². The van der Waals surface area contributed by atoms with Crippen molar-refractivity contribution < 1.29 is 24.3 Å². The van der Waals surface area contributed by atoms with Gasteiger partial charge in [-0.15, -0.1) is 0 Å². The first kappa shape index (κ1) is 22.2. The van der Waals surface area contributed by atoms with Gasteiger partial charge in [-0.25, -0.2) is 14.8 Å². The molecule has 0 bridgehead atoms. The number of fused-ring (bicyclic) bond motifs is 1. The second kappa shape index (κ2) is 9.54. The van der Waals surface area contributed by atoms with E-state index in [-0.39, 0.29) is 24.1 Å². The predicted molar refractivity (Wildman–Crippen MR) is 110 cm³/mol. The zero-order valence-electron chi connectivity index (χ0n) is 17.3. The van der Waals surface area contributed by atoms with Crippen LogP contribution in [0.1, 0.15) is 43.7 Å². The molecule has 2 aromatic rings. The van der Waals surface area contributed by atoms with Crippen molar-refractivity contribution in [2.24, 2.45) is 11.8 Å². The summed E-state index contributed by atoms with van der Waals surface area (Å²) in [5, 5.41) is 17.3. The lowest BCUT2D eigenvalue weighted by atomic mass is 9.97. The molecule has 1 saturated heterocycles. The van der Waals surface area contributed by atoms with Gasteiger partial charge in [0.25, 0.3) is 5.91 Å². The molecule has 0 aromatic carbocycles.